The first-order valence-corrected chi connectivity index (χ1v) is 17.4. The number of thioether (sulfide) groups is 2. The zero-order chi connectivity index (χ0) is 29.4. The predicted molar refractivity (Wildman–Crippen MR) is 182 cm³/mol. The Labute approximate surface area is 272 Å². The van der Waals surface area contributed by atoms with E-state index < -0.39 is 0 Å². The standard InChI is InChI=1S/C31H24Br2N4O2S3/c1-16(38)17-6-12-22(13-7-17)35-25(39)15-40-31-36-29(34)26-23-14-24(18-2-8-20(32)9-3-18)41-27(28(23)42-30(26)37-31)19-4-10-21(33)11-5-19/h2-13,24,27H,14-15H2,1H3,(H,35,39)(H2,34,36,37)/t24-,27-/m1/s1. The molecule has 6 rings (SSSR count). The number of anilines is 2. The molecule has 0 saturated heterocycles. The van der Waals surface area contributed by atoms with E-state index in [1.807, 2.05) is 11.8 Å². The molecule has 0 saturated carbocycles. The minimum atomic E-state index is -0.188. The van der Waals surface area contributed by atoms with Gasteiger partial charge in [-0.3, -0.25) is 9.59 Å². The van der Waals surface area contributed by atoms with Crippen LogP contribution < -0.4 is 11.1 Å². The number of hydrogen-bond acceptors (Lipinski definition) is 8. The van der Waals surface area contributed by atoms with Gasteiger partial charge in [-0.25, -0.2) is 9.97 Å². The van der Waals surface area contributed by atoms with Crippen molar-refractivity contribution in [1.29, 1.82) is 0 Å². The SMILES string of the molecule is CC(=O)c1ccc(NC(=O)CSc2nc(N)c3c4c(sc3n2)[C@@H](c2ccc(Br)cc2)S[C@@H](c2ccc(Br)cc2)C4)cc1. The number of carbonyl (C=O) groups is 2. The van der Waals surface area contributed by atoms with Crippen LogP contribution in [0.1, 0.15) is 49.3 Å². The van der Waals surface area contributed by atoms with E-state index in [-0.39, 0.29) is 27.9 Å². The van der Waals surface area contributed by atoms with Crippen LogP contribution in [0.15, 0.2) is 86.9 Å². The molecule has 42 heavy (non-hydrogen) atoms. The maximum Gasteiger partial charge on any atom is 0.234 e. The van der Waals surface area contributed by atoms with Gasteiger partial charge in [0.1, 0.15) is 10.6 Å². The van der Waals surface area contributed by atoms with E-state index in [0.717, 1.165) is 25.6 Å². The fourth-order valence-electron chi connectivity index (χ4n) is 4.88. The maximum absolute atomic E-state index is 12.6. The number of nitrogens with two attached hydrogens (primary N) is 1. The van der Waals surface area contributed by atoms with Crippen LogP contribution >= 0.6 is 66.7 Å². The first-order valence-electron chi connectivity index (χ1n) is 13.0. The fourth-order valence-corrected chi connectivity index (χ4v) is 9.13. The van der Waals surface area contributed by atoms with E-state index >= 15 is 0 Å². The van der Waals surface area contributed by atoms with Crippen molar-refractivity contribution in [3.63, 3.8) is 0 Å². The highest BCUT2D eigenvalue weighted by Crippen LogP contribution is 2.56. The molecule has 0 radical (unpaired) electrons. The smallest absolute Gasteiger partial charge is 0.234 e. The van der Waals surface area contributed by atoms with Crippen molar-refractivity contribution in [3.05, 3.63) is 109 Å². The number of nitrogen functional groups attached to an aromatic ring is 1. The van der Waals surface area contributed by atoms with Crippen molar-refractivity contribution in [2.24, 2.45) is 0 Å². The van der Waals surface area contributed by atoms with E-state index in [2.05, 4.69) is 90.7 Å². The number of halogens is 2. The number of hydrogen-bond donors (Lipinski definition) is 2. The highest BCUT2D eigenvalue weighted by molar-refractivity contribution is 9.10. The Morgan fingerprint density at radius 1 is 0.952 bits per heavy atom. The molecule has 2 atom stereocenters. The van der Waals surface area contributed by atoms with Crippen LogP contribution in [0.2, 0.25) is 0 Å². The van der Waals surface area contributed by atoms with Gasteiger partial charge in [0, 0.05) is 30.3 Å². The van der Waals surface area contributed by atoms with Gasteiger partial charge in [0.25, 0.3) is 0 Å². The molecule has 3 aromatic carbocycles. The van der Waals surface area contributed by atoms with Gasteiger partial charge in [-0.15, -0.1) is 23.1 Å². The van der Waals surface area contributed by atoms with Crippen molar-refractivity contribution in [2.45, 2.75) is 29.0 Å². The first-order chi connectivity index (χ1) is 20.2. The van der Waals surface area contributed by atoms with Crippen LogP contribution in [0, 0.1) is 0 Å². The third-order valence-corrected chi connectivity index (χ3v) is 11.7. The van der Waals surface area contributed by atoms with Crippen LogP contribution in [0.25, 0.3) is 10.2 Å². The highest BCUT2D eigenvalue weighted by atomic mass is 79.9. The van der Waals surface area contributed by atoms with Crippen molar-refractivity contribution >= 4 is 100 Å². The summed E-state index contributed by atoms with van der Waals surface area (Å²) < 4.78 is 2.10. The largest absolute Gasteiger partial charge is 0.383 e. The summed E-state index contributed by atoms with van der Waals surface area (Å²) in [5.74, 6) is 0.367. The molecule has 0 bridgehead atoms. The van der Waals surface area contributed by atoms with Gasteiger partial charge in [0.15, 0.2) is 10.9 Å². The number of aromatic nitrogens is 2. The molecule has 3 heterocycles. The van der Waals surface area contributed by atoms with Gasteiger partial charge in [0.05, 0.1) is 16.4 Å². The van der Waals surface area contributed by atoms with Crippen molar-refractivity contribution < 1.29 is 9.59 Å². The summed E-state index contributed by atoms with van der Waals surface area (Å²) >= 11 is 12.0. The zero-order valence-electron chi connectivity index (χ0n) is 22.3. The first kappa shape index (κ1) is 29.4. The normalized spacial score (nSPS) is 16.3. The van der Waals surface area contributed by atoms with E-state index in [1.165, 1.54) is 40.3 Å². The Morgan fingerprint density at radius 2 is 1.60 bits per heavy atom. The molecule has 3 N–H and O–H groups in total. The molecule has 0 fully saturated rings. The summed E-state index contributed by atoms with van der Waals surface area (Å²) in [6.45, 7) is 1.51. The van der Waals surface area contributed by atoms with Gasteiger partial charge in [-0.2, -0.15) is 0 Å². The third-order valence-electron chi connectivity index (χ3n) is 6.94. The van der Waals surface area contributed by atoms with E-state index in [0.29, 0.717) is 22.2 Å². The van der Waals surface area contributed by atoms with Crippen LogP contribution in [0.3, 0.4) is 0 Å². The number of amides is 1. The zero-order valence-corrected chi connectivity index (χ0v) is 27.9. The Kier molecular flexibility index (Phi) is 8.74. The van der Waals surface area contributed by atoms with Gasteiger partial charge in [-0.1, -0.05) is 67.9 Å². The van der Waals surface area contributed by atoms with Crippen LogP contribution in [0.4, 0.5) is 11.5 Å². The third kappa shape index (κ3) is 6.30. The Bertz CT molecular complexity index is 1790. The molecule has 212 valence electrons. The molecular formula is C31H24Br2N4O2S3. The molecule has 5 aromatic rings. The maximum atomic E-state index is 12.6. The van der Waals surface area contributed by atoms with Gasteiger partial charge in [0.2, 0.25) is 5.91 Å². The number of carbonyl (C=O) groups excluding carboxylic acids is 2. The van der Waals surface area contributed by atoms with E-state index in [1.54, 1.807) is 35.6 Å². The highest BCUT2D eigenvalue weighted by Gasteiger charge is 2.34. The van der Waals surface area contributed by atoms with E-state index in [9.17, 15) is 9.59 Å². The van der Waals surface area contributed by atoms with Gasteiger partial charge in [-0.05, 0) is 78.6 Å². The lowest BCUT2D eigenvalue weighted by Gasteiger charge is -2.30. The topological polar surface area (TPSA) is 98.0 Å². The predicted octanol–water partition coefficient (Wildman–Crippen LogP) is 8.85. The van der Waals surface area contributed by atoms with Crippen LogP contribution in [-0.4, -0.2) is 27.4 Å². The molecular weight excluding hydrogens is 716 g/mol. The van der Waals surface area contributed by atoms with Crippen molar-refractivity contribution in [3.8, 4) is 0 Å². The molecule has 0 unspecified atom stereocenters. The minimum Gasteiger partial charge on any atom is -0.383 e. The monoisotopic (exact) mass is 738 g/mol. The summed E-state index contributed by atoms with van der Waals surface area (Å²) in [5, 5.41) is 4.62. The average Bonchev–Trinajstić information content (AvgIpc) is 3.36. The summed E-state index contributed by atoms with van der Waals surface area (Å²) in [6.07, 6.45) is 0.833. The fraction of sp³-hybridized carbons (Fsp3) is 0.161. The van der Waals surface area contributed by atoms with Crippen LogP contribution in [-0.2, 0) is 11.2 Å². The molecule has 1 aliphatic heterocycles. The van der Waals surface area contributed by atoms with Gasteiger partial charge < -0.3 is 11.1 Å². The number of rotatable bonds is 7. The second-order valence-corrected chi connectivity index (χ2v) is 14.9. The average molecular weight is 741 g/mol. The molecule has 2 aromatic heterocycles. The molecule has 1 amide bonds. The quantitative estimate of drug-likeness (QED) is 0.0978. The summed E-state index contributed by atoms with van der Waals surface area (Å²) in [5.41, 5.74) is 11.5. The Balaban J connectivity index is 1.28. The second kappa shape index (κ2) is 12.5. The number of nitrogens with zero attached hydrogens (tertiary/aromatic N) is 2. The van der Waals surface area contributed by atoms with Gasteiger partial charge >= 0.3 is 0 Å². The van der Waals surface area contributed by atoms with Crippen molar-refractivity contribution in [1.82, 2.24) is 9.97 Å². The van der Waals surface area contributed by atoms with Crippen LogP contribution in [0.5, 0.6) is 0 Å². The summed E-state index contributed by atoms with van der Waals surface area (Å²) in [4.78, 5) is 35.7. The summed E-state index contributed by atoms with van der Waals surface area (Å²) in [7, 11) is 0. The van der Waals surface area contributed by atoms with Crippen molar-refractivity contribution in [2.75, 3.05) is 16.8 Å². The number of Topliss-reactive ketones (excluding diaryl/α,β-unsaturated/α-hetero) is 1. The lowest BCUT2D eigenvalue weighted by Crippen LogP contribution is -2.14. The molecule has 11 heteroatoms. The number of ketones is 1. The molecule has 1 aliphatic rings. The molecule has 0 spiro atoms. The second-order valence-electron chi connectivity index (χ2n) is 9.80. The summed E-state index contributed by atoms with van der Waals surface area (Å²) in [6, 6.07) is 23.9. The Morgan fingerprint density at radius 3 is 2.24 bits per heavy atom. The molecule has 6 nitrogen and oxygen atoms in total. The Hall–Kier alpha value is -2.70. The lowest BCUT2D eigenvalue weighted by molar-refractivity contribution is -0.113. The minimum absolute atomic E-state index is 0.0191. The lowest BCUT2D eigenvalue weighted by atomic mass is 9.98. The number of nitrogens with one attached hydrogen (secondary N) is 1. The number of thiophene rings is 1. The number of benzene rings is 3. The van der Waals surface area contributed by atoms with E-state index in [4.69, 9.17) is 10.7 Å². The number of fused-ring (bicyclic) bond motifs is 3. The molecule has 0 aliphatic carbocycles.